The number of nitrogens with one attached hydrogen (secondary N) is 1. The molecule has 0 bridgehead atoms. The van der Waals surface area contributed by atoms with E-state index in [4.69, 9.17) is 5.11 Å². The third-order valence-electron chi connectivity index (χ3n) is 3.85. The number of hydrogen-bond donors (Lipinski definition) is 2. The molecule has 0 fully saturated rings. The zero-order chi connectivity index (χ0) is 19.4. The minimum atomic E-state index is -0.984. The fourth-order valence-electron chi connectivity index (χ4n) is 2.60. The number of aryl methyl sites for hydroxylation is 2. The molecule has 3 aromatic rings. The summed E-state index contributed by atoms with van der Waals surface area (Å²) in [5.41, 5.74) is 3.15. The Bertz CT molecular complexity index is 1000. The Morgan fingerprint density at radius 1 is 1.07 bits per heavy atom. The molecule has 1 aromatic heterocycles. The SMILES string of the molecule is Cc1cccc(C)c1-c1nc(NSc2cccc(C(=O)O)c2)cc([S+]=O)n1. The highest BCUT2D eigenvalue weighted by molar-refractivity contribution is 8.00. The summed E-state index contributed by atoms with van der Waals surface area (Å²) in [6, 6.07) is 14.0. The predicted octanol–water partition coefficient (Wildman–Crippen LogP) is 4.36. The number of carboxylic acid groups (broad SMARTS) is 1. The largest absolute Gasteiger partial charge is 0.527 e. The monoisotopic (exact) mass is 398 g/mol. The van der Waals surface area contributed by atoms with Gasteiger partial charge in [0.2, 0.25) is 0 Å². The first-order valence-electron chi connectivity index (χ1n) is 7.99. The van der Waals surface area contributed by atoms with Crippen molar-refractivity contribution in [2.24, 2.45) is 0 Å². The molecule has 0 aliphatic carbocycles. The predicted molar refractivity (Wildman–Crippen MR) is 106 cm³/mol. The van der Waals surface area contributed by atoms with Crippen molar-refractivity contribution in [1.29, 1.82) is 0 Å². The van der Waals surface area contributed by atoms with Crippen LogP contribution >= 0.6 is 11.9 Å². The van der Waals surface area contributed by atoms with Crippen molar-refractivity contribution in [3.8, 4) is 11.4 Å². The zero-order valence-corrected chi connectivity index (χ0v) is 16.2. The first kappa shape index (κ1) is 18.9. The molecule has 3 rings (SSSR count). The van der Waals surface area contributed by atoms with Crippen LogP contribution in [0.2, 0.25) is 0 Å². The van der Waals surface area contributed by atoms with Gasteiger partial charge in [0.25, 0.3) is 0 Å². The van der Waals surface area contributed by atoms with Gasteiger partial charge < -0.3 is 9.83 Å². The van der Waals surface area contributed by atoms with Crippen molar-refractivity contribution in [3.63, 3.8) is 0 Å². The van der Waals surface area contributed by atoms with E-state index in [1.165, 1.54) is 18.0 Å². The summed E-state index contributed by atoms with van der Waals surface area (Å²) < 4.78 is 14.4. The maximum Gasteiger partial charge on any atom is 0.527 e. The van der Waals surface area contributed by atoms with Gasteiger partial charge in [-0.25, -0.2) is 9.78 Å². The van der Waals surface area contributed by atoms with Crippen molar-refractivity contribution in [3.05, 3.63) is 65.2 Å². The lowest BCUT2D eigenvalue weighted by atomic mass is 10.0. The summed E-state index contributed by atoms with van der Waals surface area (Å²) in [5, 5.41) is 9.40. The summed E-state index contributed by atoms with van der Waals surface area (Å²) in [4.78, 5) is 20.7. The minimum absolute atomic E-state index is 0.205. The van der Waals surface area contributed by atoms with Gasteiger partial charge in [-0.05, 0) is 55.1 Å². The Kier molecular flexibility index (Phi) is 5.78. The molecule has 0 radical (unpaired) electrons. The highest BCUT2D eigenvalue weighted by atomic mass is 32.2. The third kappa shape index (κ3) is 4.47. The molecule has 0 aliphatic heterocycles. The van der Waals surface area contributed by atoms with Gasteiger partial charge >= 0.3 is 22.7 Å². The smallest absolute Gasteiger partial charge is 0.478 e. The highest BCUT2D eigenvalue weighted by Crippen LogP contribution is 2.27. The van der Waals surface area contributed by atoms with Crippen LogP contribution in [0.25, 0.3) is 11.4 Å². The van der Waals surface area contributed by atoms with Crippen molar-refractivity contribution < 1.29 is 14.1 Å². The van der Waals surface area contributed by atoms with E-state index in [9.17, 15) is 9.00 Å². The first-order chi connectivity index (χ1) is 13.0. The molecule has 27 heavy (non-hydrogen) atoms. The first-order valence-corrected chi connectivity index (χ1v) is 9.55. The van der Waals surface area contributed by atoms with Gasteiger partial charge in [0, 0.05) is 14.7 Å². The molecule has 6 nitrogen and oxygen atoms in total. The number of anilines is 1. The van der Waals surface area contributed by atoms with Gasteiger partial charge in [-0.3, -0.25) is 0 Å². The van der Waals surface area contributed by atoms with E-state index in [2.05, 4.69) is 14.7 Å². The fraction of sp³-hybridized carbons (Fsp3) is 0.105. The lowest BCUT2D eigenvalue weighted by Gasteiger charge is -2.10. The molecule has 0 atom stereocenters. The molecule has 136 valence electrons. The van der Waals surface area contributed by atoms with Crippen LogP contribution in [-0.2, 0) is 15.9 Å². The zero-order valence-electron chi connectivity index (χ0n) is 14.6. The molecule has 0 unspecified atom stereocenters. The molecule has 0 saturated carbocycles. The Balaban J connectivity index is 1.91. The van der Waals surface area contributed by atoms with E-state index in [-0.39, 0.29) is 5.56 Å². The Morgan fingerprint density at radius 3 is 2.44 bits per heavy atom. The summed E-state index contributed by atoms with van der Waals surface area (Å²) in [6.45, 7) is 3.95. The third-order valence-corrected chi connectivity index (χ3v) is 5.03. The lowest BCUT2D eigenvalue weighted by Crippen LogP contribution is -2.01. The standard InChI is InChI=1S/C19H15N3O3S2/c1-11-5-3-6-12(2)17(11)18-20-15(10-16(21-18)27-25)22-26-14-8-4-7-13(9-14)19(23)24/h3-10H,1-2H3,(H-,20,21,22,23,24)/p+1. The molecule has 0 spiro atoms. The van der Waals surface area contributed by atoms with Crippen LogP contribution in [0.5, 0.6) is 0 Å². The second-order valence-electron chi connectivity index (χ2n) is 5.80. The van der Waals surface area contributed by atoms with Crippen LogP contribution < -0.4 is 4.72 Å². The molecule has 0 aliphatic rings. The van der Waals surface area contributed by atoms with Crippen LogP contribution in [-0.4, -0.2) is 21.0 Å². The average Bonchev–Trinajstić information content (AvgIpc) is 2.66. The van der Waals surface area contributed by atoms with Crippen LogP contribution in [0.4, 0.5) is 5.82 Å². The van der Waals surface area contributed by atoms with Gasteiger partial charge in [-0.1, -0.05) is 24.3 Å². The highest BCUT2D eigenvalue weighted by Gasteiger charge is 2.18. The lowest BCUT2D eigenvalue weighted by molar-refractivity contribution is 0.0696. The van der Waals surface area contributed by atoms with Crippen LogP contribution in [0.3, 0.4) is 0 Å². The molecule has 0 saturated heterocycles. The van der Waals surface area contributed by atoms with Gasteiger partial charge in [0.05, 0.1) is 11.6 Å². The Morgan fingerprint density at radius 2 is 1.78 bits per heavy atom. The number of aromatic carboxylic acids is 1. The normalized spacial score (nSPS) is 10.4. The number of carboxylic acids is 1. The van der Waals surface area contributed by atoms with Gasteiger partial charge in [-0.2, -0.15) is 4.98 Å². The topological polar surface area (TPSA) is 92.2 Å². The fourth-order valence-corrected chi connectivity index (χ4v) is 3.55. The summed E-state index contributed by atoms with van der Waals surface area (Å²) >= 11 is 1.53. The quantitative estimate of drug-likeness (QED) is 0.362. The number of nitrogens with zero attached hydrogens (tertiary/aromatic N) is 2. The average molecular weight is 398 g/mol. The number of aromatic nitrogens is 2. The molecule has 0 amide bonds. The van der Waals surface area contributed by atoms with Crippen LogP contribution in [0.1, 0.15) is 21.5 Å². The van der Waals surface area contributed by atoms with Gasteiger partial charge in [0.15, 0.2) is 5.82 Å². The van der Waals surface area contributed by atoms with Crippen molar-refractivity contribution >= 4 is 35.4 Å². The number of benzene rings is 2. The maximum atomic E-state index is 11.4. The second-order valence-corrected chi connectivity index (χ2v) is 7.27. The maximum absolute atomic E-state index is 11.4. The second kappa shape index (κ2) is 8.24. The van der Waals surface area contributed by atoms with Crippen molar-refractivity contribution in [2.75, 3.05) is 4.72 Å². The van der Waals surface area contributed by atoms with Gasteiger partial charge in [-0.15, -0.1) is 0 Å². The summed E-state index contributed by atoms with van der Waals surface area (Å²) in [5.74, 6) is -0.0255. The molecule has 1 heterocycles. The van der Waals surface area contributed by atoms with Crippen LogP contribution in [0, 0.1) is 13.8 Å². The molecular weight excluding hydrogens is 382 g/mol. The summed E-state index contributed by atoms with van der Waals surface area (Å²) in [6.07, 6.45) is 0. The number of hydrogen-bond acceptors (Lipinski definition) is 6. The van der Waals surface area contributed by atoms with Crippen molar-refractivity contribution in [2.45, 2.75) is 23.8 Å². The van der Waals surface area contributed by atoms with E-state index in [1.807, 2.05) is 32.0 Å². The van der Waals surface area contributed by atoms with Crippen LogP contribution in [0.15, 0.2) is 58.5 Å². The van der Waals surface area contributed by atoms with E-state index in [0.29, 0.717) is 28.3 Å². The van der Waals surface area contributed by atoms with Crippen molar-refractivity contribution in [1.82, 2.24) is 9.97 Å². The molecule has 2 aromatic carbocycles. The van der Waals surface area contributed by atoms with E-state index in [1.54, 1.807) is 24.3 Å². The minimum Gasteiger partial charge on any atom is -0.478 e. The van der Waals surface area contributed by atoms with E-state index >= 15 is 0 Å². The van der Waals surface area contributed by atoms with Gasteiger partial charge in [0.1, 0.15) is 5.82 Å². The van der Waals surface area contributed by atoms with E-state index < -0.39 is 5.97 Å². The summed E-state index contributed by atoms with van der Waals surface area (Å²) in [7, 11) is 0. The molecule has 8 heteroatoms. The Labute approximate surface area is 164 Å². The molecular formula is C19H16N3O3S2+. The number of carbonyl (C=O) groups is 1. The Hall–Kier alpha value is -2.84. The molecule has 2 N–H and O–H groups in total. The van der Waals surface area contributed by atoms with E-state index in [0.717, 1.165) is 21.6 Å². The number of rotatable bonds is 6.